The minimum atomic E-state index is -0.0215. The number of hydrogen-bond donors (Lipinski definition) is 2. The molecule has 2 atom stereocenters. The molecule has 122 valence electrons. The van der Waals surface area contributed by atoms with E-state index in [1.807, 2.05) is 0 Å². The highest BCUT2D eigenvalue weighted by Gasteiger charge is 2.33. The van der Waals surface area contributed by atoms with Crippen molar-refractivity contribution in [3.05, 3.63) is 0 Å². The molecule has 3 N–H and O–H groups in total. The molecule has 0 radical (unpaired) electrons. The second-order valence-corrected chi connectivity index (χ2v) is 7.02. The van der Waals surface area contributed by atoms with Crippen LogP contribution in [-0.4, -0.2) is 55.7 Å². The lowest BCUT2D eigenvalue weighted by Gasteiger charge is -2.41. The van der Waals surface area contributed by atoms with Gasteiger partial charge in [0.25, 0.3) is 0 Å². The number of carbonyl (C=O) groups excluding carboxylic acids is 1. The summed E-state index contributed by atoms with van der Waals surface area (Å²) in [6.45, 7) is 9.17. The van der Waals surface area contributed by atoms with Gasteiger partial charge in [-0.05, 0) is 39.2 Å². The number of morpholine rings is 1. The summed E-state index contributed by atoms with van der Waals surface area (Å²) in [6, 6.07) is 0. The first-order valence-corrected chi connectivity index (χ1v) is 8.35. The Morgan fingerprint density at radius 2 is 1.95 bits per heavy atom. The maximum absolute atomic E-state index is 12.5. The lowest BCUT2D eigenvalue weighted by molar-refractivity contribution is -0.128. The first kappa shape index (κ1) is 16.7. The van der Waals surface area contributed by atoms with E-state index in [9.17, 15) is 4.79 Å². The van der Waals surface area contributed by atoms with Crippen molar-refractivity contribution in [2.75, 3.05) is 39.4 Å². The van der Waals surface area contributed by atoms with E-state index in [4.69, 9.17) is 10.5 Å². The number of nitrogens with two attached hydrogens (primary N) is 1. The minimum absolute atomic E-state index is 0.0215. The number of nitrogens with zero attached hydrogens (tertiary/aromatic N) is 1. The molecule has 0 aromatic rings. The smallest absolute Gasteiger partial charge is 0.223 e. The molecule has 5 heteroatoms. The number of carbonyl (C=O) groups is 1. The van der Waals surface area contributed by atoms with Crippen LogP contribution in [0.3, 0.4) is 0 Å². The largest absolute Gasteiger partial charge is 0.379 e. The second kappa shape index (κ2) is 7.56. The molecule has 0 aromatic heterocycles. The fraction of sp³-hybridized carbons (Fsp3) is 0.938. The minimum Gasteiger partial charge on any atom is -0.379 e. The van der Waals surface area contributed by atoms with Gasteiger partial charge in [0.1, 0.15) is 0 Å². The molecule has 1 heterocycles. The van der Waals surface area contributed by atoms with Crippen molar-refractivity contribution in [2.24, 2.45) is 17.6 Å². The van der Waals surface area contributed by atoms with Gasteiger partial charge in [-0.2, -0.15) is 0 Å². The molecule has 2 rings (SSSR count). The Bertz CT molecular complexity index is 340. The van der Waals surface area contributed by atoms with Gasteiger partial charge in [0, 0.05) is 31.1 Å². The SMILES string of the molecule is CC(C)(CNC(=O)C1CCCCC1CN)N1CCOCC1. The Kier molecular flexibility index (Phi) is 6.02. The summed E-state index contributed by atoms with van der Waals surface area (Å²) in [5.41, 5.74) is 5.81. The van der Waals surface area contributed by atoms with Crippen molar-refractivity contribution in [2.45, 2.75) is 45.1 Å². The molecule has 21 heavy (non-hydrogen) atoms. The number of amides is 1. The average molecular weight is 297 g/mol. The quantitative estimate of drug-likeness (QED) is 0.794. The summed E-state index contributed by atoms with van der Waals surface area (Å²) in [5, 5.41) is 3.18. The summed E-state index contributed by atoms with van der Waals surface area (Å²) >= 11 is 0. The van der Waals surface area contributed by atoms with Crippen LogP contribution in [-0.2, 0) is 9.53 Å². The maximum Gasteiger partial charge on any atom is 0.223 e. The third-order valence-electron chi connectivity index (χ3n) is 5.11. The summed E-state index contributed by atoms with van der Waals surface area (Å²) in [4.78, 5) is 14.9. The highest BCUT2D eigenvalue weighted by atomic mass is 16.5. The van der Waals surface area contributed by atoms with Crippen molar-refractivity contribution in [1.29, 1.82) is 0 Å². The van der Waals surface area contributed by atoms with Gasteiger partial charge in [-0.1, -0.05) is 12.8 Å². The Hall–Kier alpha value is -0.650. The van der Waals surface area contributed by atoms with Crippen molar-refractivity contribution in [3.63, 3.8) is 0 Å². The summed E-state index contributed by atoms with van der Waals surface area (Å²) in [5.74, 6) is 0.681. The van der Waals surface area contributed by atoms with E-state index >= 15 is 0 Å². The fourth-order valence-corrected chi connectivity index (χ4v) is 3.55. The topological polar surface area (TPSA) is 67.6 Å². The molecule has 0 bridgehead atoms. The maximum atomic E-state index is 12.5. The molecule has 1 aliphatic heterocycles. The van der Waals surface area contributed by atoms with Crippen molar-refractivity contribution < 1.29 is 9.53 Å². The van der Waals surface area contributed by atoms with Gasteiger partial charge in [-0.25, -0.2) is 0 Å². The zero-order valence-electron chi connectivity index (χ0n) is 13.6. The van der Waals surface area contributed by atoms with E-state index in [0.717, 1.165) is 45.6 Å². The molecular weight excluding hydrogens is 266 g/mol. The summed E-state index contributed by atoms with van der Waals surface area (Å²) in [7, 11) is 0. The third kappa shape index (κ3) is 4.41. The van der Waals surface area contributed by atoms with Gasteiger partial charge in [0.05, 0.1) is 13.2 Å². The molecule has 1 amide bonds. The van der Waals surface area contributed by atoms with Gasteiger partial charge in [-0.3, -0.25) is 9.69 Å². The van der Waals surface area contributed by atoms with Crippen molar-refractivity contribution in [1.82, 2.24) is 10.2 Å². The summed E-state index contributed by atoms with van der Waals surface area (Å²) < 4.78 is 5.40. The standard InChI is InChI=1S/C16H31N3O2/c1-16(2,19-7-9-21-10-8-19)12-18-15(20)14-6-4-3-5-13(14)11-17/h13-14H,3-12,17H2,1-2H3,(H,18,20). The van der Waals surface area contributed by atoms with Crippen LogP contribution in [0.2, 0.25) is 0 Å². The molecule has 0 spiro atoms. The number of hydrogen-bond acceptors (Lipinski definition) is 4. The van der Waals surface area contributed by atoms with E-state index < -0.39 is 0 Å². The number of rotatable bonds is 5. The lowest BCUT2D eigenvalue weighted by atomic mass is 9.78. The molecule has 2 aliphatic rings. The van der Waals surface area contributed by atoms with Gasteiger partial charge in [0.2, 0.25) is 5.91 Å². The number of nitrogens with one attached hydrogen (secondary N) is 1. The molecule has 1 saturated carbocycles. The van der Waals surface area contributed by atoms with Gasteiger partial charge < -0.3 is 15.8 Å². The van der Waals surface area contributed by atoms with Crippen LogP contribution >= 0.6 is 0 Å². The first-order valence-electron chi connectivity index (χ1n) is 8.35. The van der Waals surface area contributed by atoms with Crippen LogP contribution < -0.4 is 11.1 Å². The van der Waals surface area contributed by atoms with Crippen molar-refractivity contribution >= 4 is 5.91 Å². The monoisotopic (exact) mass is 297 g/mol. The van der Waals surface area contributed by atoms with E-state index in [-0.39, 0.29) is 17.4 Å². The average Bonchev–Trinajstić information content (AvgIpc) is 2.53. The lowest BCUT2D eigenvalue weighted by Crippen LogP contribution is -2.56. The molecular formula is C16H31N3O2. The van der Waals surface area contributed by atoms with Crippen LogP contribution in [0.25, 0.3) is 0 Å². The summed E-state index contributed by atoms with van der Waals surface area (Å²) in [6.07, 6.45) is 4.46. The normalized spacial score (nSPS) is 28.3. The highest BCUT2D eigenvalue weighted by Crippen LogP contribution is 2.29. The van der Waals surface area contributed by atoms with E-state index in [2.05, 4.69) is 24.1 Å². The Balaban J connectivity index is 1.84. The van der Waals surface area contributed by atoms with E-state index in [1.165, 1.54) is 6.42 Å². The van der Waals surface area contributed by atoms with Crippen LogP contribution in [0.15, 0.2) is 0 Å². The zero-order valence-corrected chi connectivity index (χ0v) is 13.6. The Labute approximate surface area is 128 Å². The molecule has 5 nitrogen and oxygen atoms in total. The van der Waals surface area contributed by atoms with Crippen LogP contribution in [0.4, 0.5) is 0 Å². The third-order valence-corrected chi connectivity index (χ3v) is 5.11. The zero-order chi connectivity index (χ0) is 15.3. The van der Waals surface area contributed by atoms with Crippen LogP contribution in [0.5, 0.6) is 0 Å². The molecule has 2 fully saturated rings. The van der Waals surface area contributed by atoms with Gasteiger partial charge in [0.15, 0.2) is 0 Å². The van der Waals surface area contributed by atoms with Gasteiger partial charge >= 0.3 is 0 Å². The van der Waals surface area contributed by atoms with E-state index in [0.29, 0.717) is 19.0 Å². The van der Waals surface area contributed by atoms with Gasteiger partial charge in [-0.15, -0.1) is 0 Å². The molecule has 2 unspecified atom stereocenters. The molecule has 0 aromatic carbocycles. The Morgan fingerprint density at radius 3 is 2.62 bits per heavy atom. The highest BCUT2D eigenvalue weighted by molar-refractivity contribution is 5.79. The van der Waals surface area contributed by atoms with Crippen LogP contribution in [0.1, 0.15) is 39.5 Å². The Morgan fingerprint density at radius 1 is 1.29 bits per heavy atom. The predicted molar refractivity (Wildman–Crippen MR) is 84.0 cm³/mol. The van der Waals surface area contributed by atoms with Crippen LogP contribution in [0, 0.1) is 11.8 Å². The first-order chi connectivity index (χ1) is 10.0. The second-order valence-electron chi connectivity index (χ2n) is 7.02. The van der Waals surface area contributed by atoms with E-state index in [1.54, 1.807) is 0 Å². The fourth-order valence-electron chi connectivity index (χ4n) is 3.55. The molecule has 1 saturated heterocycles. The van der Waals surface area contributed by atoms with Crippen molar-refractivity contribution in [3.8, 4) is 0 Å². The number of ether oxygens (including phenoxy) is 1. The predicted octanol–water partition coefficient (Wildman–Crippen LogP) is 0.979. The molecule has 1 aliphatic carbocycles.